The third-order valence-corrected chi connectivity index (χ3v) is 5.88. The summed E-state index contributed by atoms with van der Waals surface area (Å²) in [7, 11) is 0. The van der Waals surface area contributed by atoms with Crippen LogP contribution in [0, 0.1) is 16.7 Å². The standard InChI is InChI=1S/C22H25N3O3.C6H6.C3H8.H2/c1-15(25-11-10-19(28-21(25)27)12-22(2,3)14-23)16-4-6-17(7-5-16)18-8-9-20(26)24-13-18;1-2-4-6-5-3-1;1-3-2;/h4-9,13,15,19H,10-12H2,1-3H3,(H,24,26);1-6H;3H2,1-2H3;1H/t15-,19-;;;/m0.../s1. The Morgan fingerprint density at radius 3 is 2.03 bits per heavy atom. The van der Waals surface area contributed by atoms with E-state index >= 15 is 0 Å². The molecule has 198 valence electrons. The van der Waals surface area contributed by atoms with E-state index in [0.29, 0.717) is 13.0 Å². The Morgan fingerprint density at radius 2 is 1.57 bits per heavy atom. The van der Waals surface area contributed by atoms with E-state index in [1.54, 1.807) is 17.2 Å². The number of H-pyrrole nitrogens is 1. The average molecular weight is 504 g/mol. The number of rotatable bonds is 5. The van der Waals surface area contributed by atoms with E-state index in [9.17, 15) is 14.9 Å². The number of nitriles is 1. The fraction of sp³-hybridized carbons (Fsp3) is 0.387. The van der Waals surface area contributed by atoms with Crippen LogP contribution in [0.25, 0.3) is 11.1 Å². The summed E-state index contributed by atoms with van der Waals surface area (Å²) < 4.78 is 5.59. The van der Waals surface area contributed by atoms with E-state index in [1.807, 2.05) is 81.4 Å². The molecule has 2 atom stereocenters. The molecule has 37 heavy (non-hydrogen) atoms. The summed E-state index contributed by atoms with van der Waals surface area (Å²) in [5, 5.41) is 9.18. The molecular weight excluding hydrogens is 462 g/mol. The molecule has 1 aliphatic heterocycles. The third-order valence-electron chi connectivity index (χ3n) is 5.88. The molecule has 0 bridgehead atoms. The molecule has 2 aromatic carbocycles. The summed E-state index contributed by atoms with van der Waals surface area (Å²) in [6.07, 6.45) is 3.66. The highest BCUT2D eigenvalue weighted by atomic mass is 16.6. The predicted octanol–water partition coefficient (Wildman–Crippen LogP) is 7.60. The van der Waals surface area contributed by atoms with Crippen molar-refractivity contribution < 1.29 is 11.0 Å². The van der Waals surface area contributed by atoms with Gasteiger partial charge in [0.1, 0.15) is 6.10 Å². The molecule has 1 N–H and O–H groups in total. The first kappa shape index (κ1) is 29.4. The van der Waals surface area contributed by atoms with Crippen LogP contribution in [-0.4, -0.2) is 28.6 Å². The average Bonchev–Trinajstić information content (AvgIpc) is 2.91. The van der Waals surface area contributed by atoms with Gasteiger partial charge in [-0.15, -0.1) is 0 Å². The molecule has 0 saturated carbocycles. The molecule has 4 rings (SSSR count). The number of hydrogen-bond donors (Lipinski definition) is 1. The van der Waals surface area contributed by atoms with Gasteiger partial charge in [0.25, 0.3) is 0 Å². The van der Waals surface area contributed by atoms with Crippen LogP contribution in [0.4, 0.5) is 4.79 Å². The lowest BCUT2D eigenvalue weighted by Crippen LogP contribution is -2.44. The van der Waals surface area contributed by atoms with Gasteiger partial charge in [0.2, 0.25) is 5.56 Å². The summed E-state index contributed by atoms with van der Waals surface area (Å²) in [5.41, 5.74) is 2.30. The highest BCUT2D eigenvalue weighted by Gasteiger charge is 2.34. The summed E-state index contributed by atoms with van der Waals surface area (Å²) in [6, 6.07) is 25.4. The number of carbonyl (C=O) groups excluding carboxylic acids is 1. The van der Waals surface area contributed by atoms with Crippen molar-refractivity contribution in [1.82, 2.24) is 9.88 Å². The van der Waals surface area contributed by atoms with Crippen LogP contribution in [0.5, 0.6) is 0 Å². The highest BCUT2D eigenvalue weighted by Crippen LogP contribution is 2.31. The van der Waals surface area contributed by atoms with Crippen molar-refractivity contribution in [3.05, 3.63) is 94.9 Å². The zero-order chi connectivity index (χ0) is 27.3. The van der Waals surface area contributed by atoms with E-state index < -0.39 is 5.41 Å². The van der Waals surface area contributed by atoms with Crippen LogP contribution >= 0.6 is 0 Å². The number of cyclic esters (lactones) is 1. The molecule has 0 spiro atoms. The van der Waals surface area contributed by atoms with E-state index in [2.05, 4.69) is 24.9 Å². The monoisotopic (exact) mass is 503 g/mol. The quantitative estimate of drug-likeness (QED) is 0.388. The van der Waals surface area contributed by atoms with E-state index in [-0.39, 0.29) is 25.2 Å². The lowest BCUT2D eigenvalue weighted by molar-refractivity contribution is 0.000797. The Bertz CT molecular complexity index is 1140. The zero-order valence-electron chi connectivity index (χ0n) is 22.6. The van der Waals surface area contributed by atoms with Crippen molar-refractivity contribution >= 4 is 6.09 Å². The van der Waals surface area contributed by atoms with Crippen LogP contribution < -0.4 is 5.56 Å². The lowest BCUT2D eigenvalue weighted by Gasteiger charge is -2.37. The SMILES string of the molecule is CCC.C[C@@H](c1ccc(-c2ccc(=O)[nH]c2)cc1)N1CC[C@@H](CC(C)(C)C#N)OC1=O.[HH].c1ccccc1. The maximum atomic E-state index is 12.5. The van der Waals surface area contributed by atoms with Crippen LogP contribution in [0.2, 0.25) is 0 Å². The summed E-state index contributed by atoms with van der Waals surface area (Å²) in [5.74, 6) is 0. The van der Waals surface area contributed by atoms with Gasteiger partial charge in [-0.2, -0.15) is 5.26 Å². The molecule has 1 aromatic heterocycles. The number of carbonyl (C=O) groups is 1. The number of pyridine rings is 1. The van der Waals surface area contributed by atoms with E-state index in [1.165, 1.54) is 12.5 Å². The van der Waals surface area contributed by atoms with Crippen molar-refractivity contribution in [1.29, 1.82) is 5.26 Å². The van der Waals surface area contributed by atoms with Gasteiger partial charge in [-0.05, 0) is 43.5 Å². The summed E-state index contributed by atoms with van der Waals surface area (Å²) >= 11 is 0. The van der Waals surface area contributed by atoms with Crippen molar-refractivity contribution in [3.8, 4) is 17.2 Å². The minimum Gasteiger partial charge on any atom is -0.446 e. The Labute approximate surface area is 222 Å². The lowest BCUT2D eigenvalue weighted by atomic mass is 9.87. The minimum atomic E-state index is -0.504. The van der Waals surface area contributed by atoms with Gasteiger partial charge in [0, 0.05) is 33.1 Å². The molecule has 0 aliphatic carbocycles. The van der Waals surface area contributed by atoms with E-state index in [0.717, 1.165) is 23.1 Å². The van der Waals surface area contributed by atoms with Crippen molar-refractivity contribution in [2.75, 3.05) is 6.54 Å². The maximum Gasteiger partial charge on any atom is 0.410 e. The van der Waals surface area contributed by atoms with Gasteiger partial charge in [0.05, 0.1) is 17.5 Å². The maximum absolute atomic E-state index is 12.5. The van der Waals surface area contributed by atoms with Gasteiger partial charge in [-0.25, -0.2) is 4.79 Å². The molecule has 2 heterocycles. The van der Waals surface area contributed by atoms with Crippen LogP contribution in [0.1, 0.15) is 66.9 Å². The number of aromatic nitrogens is 1. The molecular formula is C31H41N3O3. The fourth-order valence-electron chi connectivity index (χ4n) is 3.86. The van der Waals surface area contributed by atoms with Crippen molar-refractivity contribution in [3.63, 3.8) is 0 Å². The number of amides is 1. The Hall–Kier alpha value is -3.85. The Kier molecular flexibility index (Phi) is 11.6. The Balaban J connectivity index is 0.000000616. The molecule has 1 amide bonds. The number of aromatic amines is 1. The minimum absolute atomic E-state index is 0. The third kappa shape index (κ3) is 9.61. The van der Waals surface area contributed by atoms with Crippen molar-refractivity contribution in [2.45, 2.75) is 66.0 Å². The molecule has 1 saturated heterocycles. The van der Waals surface area contributed by atoms with Gasteiger partial charge in [-0.1, -0.05) is 80.9 Å². The molecule has 6 nitrogen and oxygen atoms in total. The highest BCUT2D eigenvalue weighted by molar-refractivity contribution is 5.69. The van der Waals surface area contributed by atoms with Crippen LogP contribution in [0.15, 0.2) is 83.8 Å². The zero-order valence-corrected chi connectivity index (χ0v) is 22.6. The number of benzene rings is 2. The fourth-order valence-corrected chi connectivity index (χ4v) is 3.86. The number of ether oxygens (including phenoxy) is 1. The number of nitrogens with one attached hydrogen (secondary N) is 1. The summed E-state index contributed by atoms with van der Waals surface area (Å²) in [4.78, 5) is 28.1. The van der Waals surface area contributed by atoms with Crippen molar-refractivity contribution in [2.24, 2.45) is 5.41 Å². The van der Waals surface area contributed by atoms with Gasteiger partial charge in [0.15, 0.2) is 0 Å². The number of nitrogens with zero attached hydrogens (tertiary/aromatic N) is 2. The molecule has 3 aromatic rings. The smallest absolute Gasteiger partial charge is 0.410 e. The first-order valence-corrected chi connectivity index (χ1v) is 12.9. The normalized spacial score (nSPS) is 15.6. The molecule has 6 heteroatoms. The van der Waals surface area contributed by atoms with Crippen LogP contribution in [0.3, 0.4) is 0 Å². The van der Waals surface area contributed by atoms with Crippen LogP contribution in [-0.2, 0) is 4.74 Å². The predicted molar refractivity (Wildman–Crippen MR) is 151 cm³/mol. The van der Waals surface area contributed by atoms with E-state index in [4.69, 9.17) is 4.74 Å². The molecule has 0 unspecified atom stereocenters. The topological polar surface area (TPSA) is 86.2 Å². The van der Waals surface area contributed by atoms with Gasteiger partial charge >= 0.3 is 6.09 Å². The van der Waals surface area contributed by atoms with Gasteiger partial charge < -0.3 is 14.6 Å². The second-order valence-electron chi connectivity index (χ2n) is 9.79. The second kappa shape index (κ2) is 14.6. The Morgan fingerprint density at radius 1 is 1.03 bits per heavy atom. The largest absolute Gasteiger partial charge is 0.446 e. The second-order valence-corrected chi connectivity index (χ2v) is 9.79. The first-order chi connectivity index (χ1) is 17.7. The molecule has 0 radical (unpaired) electrons. The molecule has 1 aliphatic rings. The summed E-state index contributed by atoms with van der Waals surface area (Å²) in [6.45, 7) is 10.6. The first-order valence-electron chi connectivity index (χ1n) is 12.9. The van der Waals surface area contributed by atoms with Gasteiger partial charge in [-0.3, -0.25) is 4.79 Å². The number of hydrogen-bond acceptors (Lipinski definition) is 4. The molecule has 1 fully saturated rings.